The van der Waals surface area contributed by atoms with Gasteiger partial charge in [-0.25, -0.2) is 0 Å². The molecule has 4 saturated carbocycles. The van der Waals surface area contributed by atoms with E-state index >= 15 is 0 Å². The van der Waals surface area contributed by atoms with Crippen molar-refractivity contribution in [3.05, 3.63) is 12.2 Å². The number of hydrogen-bond donors (Lipinski definition) is 0. The van der Waals surface area contributed by atoms with Gasteiger partial charge in [-0.15, -0.1) is 0 Å². The maximum atomic E-state index is 13.9. The Morgan fingerprint density at radius 3 is 1.78 bits per heavy atom. The van der Waals surface area contributed by atoms with Crippen molar-refractivity contribution in [2.24, 2.45) is 34.0 Å². The molecule has 0 aromatic heterocycles. The monoisotopic (exact) mass is 518 g/mol. The summed E-state index contributed by atoms with van der Waals surface area (Å²) in [5, 5.41) is 0. The molecule has 0 amide bonds. The van der Waals surface area contributed by atoms with Crippen LogP contribution in [0.3, 0.4) is 0 Å². The SMILES string of the molecule is C=C1C(=O)[C@]23C[C@H]1C[C@H](OC(C)=O)[C@H]2[C@]1(C)C[C@H](OC(C)=O)[C@H](OC(C)=O)C(C)(C)[C@H]1[C@@H](OC(C)=O)C3. The number of carbonyl (C=O) groups is 5. The van der Waals surface area contributed by atoms with Gasteiger partial charge in [0.15, 0.2) is 5.78 Å². The van der Waals surface area contributed by atoms with Crippen LogP contribution in [0.4, 0.5) is 0 Å². The van der Waals surface area contributed by atoms with E-state index in [2.05, 4.69) is 6.58 Å². The summed E-state index contributed by atoms with van der Waals surface area (Å²) < 4.78 is 23.4. The predicted octanol–water partition coefficient (Wildman–Crippen LogP) is 3.32. The summed E-state index contributed by atoms with van der Waals surface area (Å²) in [5.41, 5.74) is -2.04. The van der Waals surface area contributed by atoms with Crippen LogP contribution in [-0.4, -0.2) is 54.1 Å². The molecule has 4 aliphatic rings. The van der Waals surface area contributed by atoms with Gasteiger partial charge in [0, 0.05) is 50.4 Å². The minimum atomic E-state index is -0.934. The molecule has 0 aromatic rings. The van der Waals surface area contributed by atoms with Gasteiger partial charge in [0.25, 0.3) is 0 Å². The van der Waals surface area contributed by atoms with Gasteiger partial charge >= 0.3 is 23.9 Å². The van der Waals surface area contributed by atoms with Gasteiger partial charge in [-0.3, -0.25) is 24.0 Å². The number of esters is 4. The summed E-state index contributed by atoms with van der Waals surface area (Å²) in [6.45, 7) is 15.2. The molecule has 2 bridgehead atoms. The first-order valence-corrected chi connectivity index (χ1v) is 13.0. The molecule has 37 heavy (non-hydrogen) atoms. The van der Waals surface area contributed by atoms with Crippen LogP contribution >= 0.6 is 0 Å². The highest BCUT2D eigenvalue weighted by molar-refractivity contribution is 6.03. The van der Waals surface area contributed by atoms with E-state index in [-0.39, 0.29) is 24.5 Å². The van der Waals surface area contributed by atoms with Gasteiger partial charge in [-0.2, -0.15) is 0 Å². The lowest BCUT2D eigenvalue weighted by Crippen LogP contribution is -2.71. The average Bonchev–Trinajstić information content (AvgIpc) is 2.89. The zero-order valence-corrected chi connectivity index (χ0v) is 22.8. The minimum absolute atomic E-state index is 0.0714. The average molecular weight is 519 g/mol. The number of carbonyl (C=O) groups excluding carboxylic acids is 5. The molecule has 9 atom stereocenters. The summed E-state index contributed by atoms with van der Waals surface area (Å²) in [6.07, 6.45) is -1.33. The third kappa shape index (κ3) is 4.18. The van der Waals surface area contributed by atoms with E-state index in [1.165, 1.54) is 27.7 Å². The van der Waals surface area contributed by atoms with Gasteiger partial charge in [0.1, 0.15) is 24.4 Å². The van der Waals surface area contributed by atoms with Crippen LogP contribution in [0.1, 0.15) is 74.1 Å². The second-order valence-electron chi connectivity index (χ2n) is 12.3. The van der Waals surface area contributed by atoms with Crippen LogP contribution in [0.2, 0.25) is 0 Å². The number of ketones is 1. The van der Waals surface area contributed by atoms with E-state index in [0.717, 1.165) is 0 Å². The molecule has 0 radical (unpaired) electrons. The summed E-state index contributed by atoms with van der Waals surface area (Å²) in [7, 11) is 0. The Hall–Kier alpha value is -2.71. The van der Waals surface area contributed by atoms with Crippen molar-refractivity contribution in [1.82, 2.24) is 0 Å². The van der Waals surface area contributed by atoms with E-state index < -0.39 is 76.4 Å². The van der Waals surface area contributed by atoms with Crippen molar-refractivity contribution in [1.29, 1.82) is 0 Å². The molecule has 1 spiro atoms. The van der Waals surface area contributed by atoms with Crippen molar-refractivity contribution in [3.63, 3.8) is 0 Å². The van der Waals surface area contributed by atoms with Gasteiger partial charge in [0.2, 0.25) is 0 Å². The Bertz CT molecular complexity index is 1060. The van der Waals surface area contributed by atoms with Crippen molar-refractivity contribution >= 4 is 29.7 Å². The molecule has 0 heterocycles. The lowest BCUT2D eigenvalue weighted by atomic mass is 9.39. The Kier molecular flexibility index (Phi) is 6.61. The molecule has 4 fully saturated rings. The largest absolute Gasteiger partial charge is 0.462 e. The van der Waals surface area contributed by atoms with E-state index in [1.807, 2.05) is 20.8 Å². The molecule has 0 unspecified atom stereocenters. The fourth-order valence-corrected chi connectivity index (χ4v) is 9.04. The Labute approximate surface area is 217 Å². The van der Waals surface area contributed by atoms with E-state index in [9.17, 15) is 24.0 Å². The zero-order chi connectivity index (χ0) is 27.7. The van der Waals surface area contributed by atoms with Gasteiger partial charge in [0.05, 0.1) is 0 Å². The quantitative estimate of drug-likeness (QED) is 0.313. The van der Waals surface area contributed by atoms with E-state index in [1.54, 1.807) is 0 Å². The summed E-state index contributed by atoms with van der Waals surface area (Å²) in [6, 6.07) is 0. The predicted molar refractivity (Wildman–Crippen MR) is 130 cm³/mol. The zero-order valence-electron chi connectivity index (χ0n) is 22.8. The first kappa shape index (κ1) is 27.3. The highest BCUT2D eigenvalue weighted by Gasteiger charge is 2.75. The summed E-state index contributed by atoms with van der Waals surface area (Å²) >= 11 is 0. The number of rotatable bonds is 4. The highest BCUT2D eigenvalue weighted by atomic mass is 16.6. The smallest absolute Gasteiger partial charge is 0.303 e. The first-order chi connectivity index (χ1) is 17.0. The lowest BCUT2D eigenvalue weighted by Gasteiger charge is -2.67. The third-order valence-electron chi connectivity index (χ3n) is 9.45. The molecule has 4 rings (SSSR count). The topological polar surface area (TPSA) is 122 Å². The third-order valence-corrected chi connectivity index (χ3v) is 9.45. The van der Waals surface area contributed by atoms with Crippen molar-refractivity contribution < 1.29 is 42.9 Å². The van der Waals surface area contributed by atoms with Crippen LogP contribution in [0.25, 0.3) is 0 Å². The molecule has 9 nitrogen and oxygen atoms in total. The standard InChI is InChI=1S/C28H38O9/c1-13-18-9-19(34-14(2)29)23-27(8)11-21(36-16(4)31)25(37-17(5)32)26(6,7)22(27)20(35-15(3)30)12-28(23,10-18)24(13)33/h18-23,25H,1,9-12H2,2-8H3/t18-,19+,20+,21+,22-,23+,25+,27-,28+/m1/s1. The van der Waals surface area contributed by atoms with Gasteiger partial charge in [-0.05, 0) is 42.6 Å². The molecule has 204 valence electrons. The summed E-state index contributed by atoms with van der Waals surface area (Å²) in [4.78, 5) is 62.8. The molecular weight excluding hydrogens is 480 g/mol. The number of Topliss-reactive ketones (excluding diaryl/α,β-unsaturated/α-hetero) is 1. The molecule has 0 saturated heterocycles. The Balaban J connectivity index is 1.94. The minimum Gasteiger partial charge on any atom is -0.462 e. The second-order valence-corrected chi connectivity index (χ2v) is 12.3. The lowest BCUT2D eigenvalue weighted by molar-refractivity contribution is -0.273. The van der Waals surface area contributed by atoms with Crippen LogP contribution in [-0.2, 0) is 42.9 Å². The fraction of sp³-hybridized carbons (Fsp3) is 0.750. The number of ether oxygens (including phenoxy) is 4. The molecule has 4 aliphatic carbocycles. The van der Waals surface area contributed by atoms with Gasteiger partial charge < -0.3 is 18.9 Å². The van der Waals surface area contributed by atoms with Crippen LogP contribution in [0.15, 0.2) is 12.2 Å². The normalized spacial score (nSPS) is 41.6. The first-order valence-electron chi connectivity index (χ1n) is 13.0. The van der Waals surface area contributed by atoms with Crippen LogP contribution in [0, 0.1) is 34.0 Å². The fourth-order valence-electron chi connectivity index (χ4n) is 9.04. The number of fused-ring (bicyclic) bond motifs is 3. The maximum absolute atomic E-state index is 13.9. The molecule has 0 aliphatic heterocycles. The molecule has 0 N–H and O–H groups in total. The second kappa shape index (κ2) is 8.95. The van der Waals surface area contributed by atoms with Crippen molar-refractivity contribution in [3.8, 4) is 0 Å². The van der Waals surface area contributed by atoms with E-state index in [0.29, 0.717) is 18.4 Å². The maximum Gasteiger partial charge on any atom is 0.303 e. The number of allylic oxidation sites excluding steroid dienone is 1. The van der Waals surface area contributed by atoms with Crippen molar-refractivity contribution in [2.75, 3.05) is 0 Å². The molecule has 9 heteroatoms. The number of hydrogen-bond acceptors (Lipinski definition) is 9. The van der Waals surface area contributed by atoms with Crippen LogP contribution < -0.4 is 0 Å². The molecular formula is C28H38O9. The molecule has 0 aromatic carbocycles. The highest BCUT2D eigenvalue weighted by Crippen LogP contribution is 2.72. The van der Waals surface area contributed by atoms with Crippen LogP contribution in [0.5, 0.6) is 0 Å². The van der Waals surface area contributed by atoms with Gasteiger partial charge in [-0.1, -0.05) is 27.4 Å². The Morgan fingerprint density at radius 2 is 1.24 bits per heavy atom. The van der Waals surface area contributed by atoms with Crippen molar-refractivity contribution in [2.45, 2.75) is 98.6 Å². The summed E-state index contributed by atoms with van der Waals surface area (Å²) in [5.74, 6) is -2.98. The Morgan fingerprint density at radius 1 is 0.730 bits per heavy atom. The van der Waals surface area contributed by atoms with E-state index in [4.69, 9.17) is 18.9 Å².